The third-order valence-electron chi connectivity index (χ3n) is 5.72. The second-order valence-electron chi connectivity index (χ2n) is 7.86. The first kappa shape index (κ1) is 25.6. The molecule has 0 bridgehead atoms. The number of hydrogen-bond donors (Lipinski definition) is 1. The van der Waals surface area contributed by atoms with Gasteiger partial charge in [0.1, 0.15) is 4.88 Å². The normalized spacial score (nSPS) is 14.4. The highest BCUT2D eigenvalue weighted by Gasteiger charge is 2.31. The van der Waals surface area contributed by atoms with Crippen LogP contribution in [0.2, 0.25) is 0 Å². The Morgan fingerprint density at radius 1 is 1.00 bits per heavy atom. The van der Waals surface area contributed by atoms with Crippen LogP contribution in [0.25, 0.3) is 10.1 Å². The third kappa shape index (κ3) is 5.06. The Labute approximate surface area is 212 Å². The van der Waals surface area contributed by atoms with Gasteiger partial charge in [0.2, 0.25) is 10.0 Å². The van der Waals surface area contributed by atoms with Gasteiger partial charge in [0, 0.05) is 41.8 Å². The number of nitrogens with one attached hydrogen (secondary N) is 1. The molecular formula is C24H25N3O7S2. The lowest BCUT2D eigenvalue weighted by molar-refractivity contribution is 0.0607. The molecule has 0 spiro atoms. The number of piperazine rings is 1. The number of nitrogens with zero attached hydrogens (tertiary/aromatic N) is 2. The zero-order valence-corrected chi connectivity index (χ0v) is 21.4. The van der Waals surface area contributed by atoms with Crippen LogP contribution in [0, 0.1) is 0 Å². The summed E-state index contributed by atoms with van der Waals surface area (Å²) in [5, 5.41) is 3.48. The van der Waals surface area contributed by atoms with Crippen LogP contribution in [-0.2, 0) is 19.5 Å². The maximum atomic E-state index is 13.1. The zero-order chi connectivity index (χ0) is 25.9. The van der Waals surface area contributed by atoms with Gasteiger partial charge >= 0.3 is 12.1 Å². The molecule has 0 unspecified atom stereocenters. The number of sulfonamides is 1. The summed E-state index contributed by atoms with van der Waals surface area (Å²) >= 11 is 1.21. The molecule has 1 fully saturated rings. The summed E-state index contributed by atoms with van der Waals surface area (Å²) < 4.78 is 38.1. The second-order valence-corrected chi connectivity index (χ2v) is 10.9. The summed E-state index contributed by atoms with van der Waals surface area (Å²) in [5.41, 5.74) is 0.579. The molecule has 1 aromatic heterocycles. The highest BCUT2D eigenvalue weighted by Crippen LogP contribution is 2.36. The average Bonchev–Trinajstić information content (AvgIpc) is 3.26. The van der Waals surface area contributed by atoms with Crippen LogP contribution in [0.4, 0.5) is 10.5 Å². The number of ether oxygens (including phenoxy) is 2. The standard InChI is InChI=1S/C24H25N3O7S2/c1-3-34-24(30)26-12-14-27(15-13-26)36(31,32)17-10-8-16(9-11-17)22(28)25-20-18-6-4-5-7-19(18)35-21(20)23(29)33-2/h4-11H,3,12-15H2,1-2H3,(H,25,28). The molecule has 3 aromatic rings. The van der Waals surface area contributed by atoms with Crippen molar-refractivity contribution in [2.45, 2.75) is 11.8 Å². The van der Waals surface area contributed by atoms with Crippen molar-refractivity contribution in [2.24, 2.45) is 0 Å². The SMILES string of the molecule is CCOC(=O)N1CCN(S(=O)(=O)c2ccc(C(=O)Nc3c(C(=O)OC)sc4ccccc34)cc2)CC1. The predicted molar refractivity (Wildman–Crippen MR) is 135 cm³/mol. The maximum Gasteiger partial charge on any atom is 0.409 e. The number of benzene rings is 2. The molecule has 0 saturated carbocycles. The Morgan fingerprint density at radius 2 is 1.67 bits per heavy atom. The number of methoxy groups -OCH3 is 1. The van der Waals surface area contributed by atoms with Crippen LogP contribution in [0.5, 0.6) is 0 Å². The van der Waals surface area contributed by atoms with Gasteiger partial charge in [-0.1, -0.05) is 18.2 Å². The molecule has 0 aliphatic carbocycles. The first-order valence-corrected chi connectivity index (χ1v) is 13.4. The van der Waals surface area contributed by atoms with E-state index in [0.717, 1.165) is 4.70 Å². The first-order valence-electron chi connectivity index (χ1n) is 11.2. The van der Waals surface area contributed by atoms with Crippen molar-refractivity contribution in [3.05, 3.63) is 59.0 Å². The van der Waals surface area contributed by atoms with Gasteiger partial charge in [0.15, 0.2) is 0 Å². The number of esters is 1. The molecular weight excluding hydrogens is 506 g/mol. The molecule has 4 rings (SSSR count). The molecule has 0 radical (unpaired) electrons. The fourth-order valence-electron chi connectivity index (χ4n) is 3.84. The maximum absolute atomic E-state index is 13.1. The lowest BCUT2D eigenvalue weighted by atomic mass is 10.2. The number of rotatable bonds is 6. The van der Waals surface area contributed by atoms with E-state index < -0.39 is 28.0 Å². The van der Waals surface area contributed by atoms with E-state index in [9.17, 15) is 22.8 Å². The van der Waals surface area contributed by atoms with Gasteiger partial charge in [-0.05, 0) is 37.3 Å². The van der Waals surface area contributed by atoms with Gasteiger partial charge in [-0.2, -0.15) is 4.31 Å². The van der Waals surface area contributed by atoms with Crippen molar-refractivity contribution in [3.8, 4) is 0 Å². The van der Waals surface area contributed by atoms with Gasteiger partial charge < -0.3 is 19.7 Å². The van der Waals surface area contributed by atoms with Crippen molar-refractivity contribution in [1.29, 1.82) is 0 Å². The smallest absolute Gasteiger partial charge is 0.409 e. The van der Waals surface area contributed by atoms with Crippen molar-refractivity contribution in [2.75, 3.05) is 45.2 Å². The molecule has 1 N–H and O–H groups in total. The number of carbonyl (C=O) groups excluding carboxylic acids is 3. The highest BCUT2D eigenvalue weighted by atomic mass is 32.2. The van der Waals surface area contributed by atoms with E-state index in [2.05, 4.69) is 5.32 Å². The number of carbonyl (C=O) groups is 3. The minimum Gasteiger partial charge on any atom is -0.465 e. The number of hydrogen-bond acceptors (Lipinski definition) is 8. The Hall–Kier alpha value is -3.48. The second kappa shape index (κ2) is 10.6. The minimum atomic E-state index is -3.80. The van der Waals surface area contributed by atoms with Gasteiger partial charge in [-0.3, -0.25) is 4.79 Å². The van der Waals surface area contributed by atoms with E-state index in [1.165, 1.54) is 51.9 Å². The van der Waals surface area contributed by atoms with Crippen molar-refractivity contribution >= 4 is 55.1 Å². The van der Waals surface area contributed by atoms with Crippen LogP contribution in [0.15, 0.2) is 53.4 Å². The van der Waals surface area contributed by atoms with E-state index in [1.54, 1.807) is 19.1 Å². The van der Waals surface area contributed by atoms with E-state index >= 15 is 0 Å². The van der Waals surface area contributed by atoms with E-state index in [1.807, 2.05) is 12.1 Å². The molecule has 2 heterocycles. The van der Waals surface area contributed by atoms with Crippen LogP contribution in [0.1, 0.15) is 27.0 Å². The fraction of sp³-hybridized carbons (Fsp3) is 0.292. The summed E-state index contributed by atoms with van der Waals surface area (Å²) in [6, 6.07) is 12.9. The number of fused-ring (bicyclic) bond motifs is 1. The largest absolute Gasteiger partial charge is 0.465 e. The number of anilines is 1. The molecule has 12 heteroatoms. The minimum absolute atomic E-state index is 0.0415. The summed E-state index contributed by atoms with van der Waals surface area (Å²) in [6.45, 7) is 2.72. The summed E-state index contributed by atoms with van der Waals surface area (Å²) in [4.78, 5) is 38.9. The van der Waals surface area contributed by atoms with Gasteiger partial charge in [0.05, 0.1) is 24.3 Å². The lowest BCUT2D eigenvalue weighted by Gasteiger charge is -2.33. The topological polar surface area (TPSA) is 122 Å². The van der Waals surface area contributed by atoms with Gasteiger partial charge in [-0.25, -0.2) is 18.0 Å². The molecule has 0 atom stereocenters. The lowest BCUT2D eigenvalue weighted by Crippen LogP contribution is -2.50. The molecule has 1 aliphatic rings. The van der Waals surface area contributed by atoms with Crippen LogP contribution in [-0.4, -0.2) is 75.5 Å². The highest BCUT2D eigenvalue weighted by molar-refractivity contribution is 7.89. The monoisotopic (exact) mass is 531 g/mol. The average molecular weight is 532 g/mol. The fourth-order valence-corrected chi connectivity index (χ4v) is 6.34. The molecule has 190 valence electrons. The number of thiophene rings is 1. The molecule has 36 heavy (non-hydrogen) atoms. The van der Waals surface area contributed by atoms with Crippen molar-refractivity contribution < 1.29 is 32.3 Å². The molecule has 1 saturated heterocycles. The van der Waals surface area contributed by atoms with Gasteiger partial charge in [0.25, 0.3) is 5.91 Å². The summed E-state index contributed by atoms with van der Waals surface area (Å²) in [7, 11) is -2.53. The quantitative estimate of drug-likeness (QED) is 0.484. The van der Waals surface area contributed by atoms with E-state index in [4.69, 9.17) is 9.47 Å². The Bertz CT molecular complexity index is 1390. The molecule has 10 nitrogen and oxygen atoms in total. The van der Waals surface area contributed by atoms with Crippen LogP contribution < -0.4 is 5.32 Å². The summed E-state index contributed by atoms with van der Waals surface area (Å²) in [6.07, 6.45) is -0.460. The molecule has 2 amide bonds. The van der Waals surface area contributed by atoms with Gasteiger partial charge in [-0.15, -0.1) is 11.3 Å². The zero-order valence-electron chi connectivity index (χ0n) is 19.7. The Kier molecular flexibility index (Phi) is 7.57. The van der Waals surface area contributed by atoms with E-state index in [-0.39, 0.29) is 48.1 Å². The molecule has 2 aromatic carbocycles. The van der Waals surface area contributed by atoms with Crippen molar-refractivity contribution in [1.82, 2.24) is 9.21 Å². The van der Waals surface area contributed by atoms with E-state index in [0.29, 0.717) is 11.1 Å². The number of amides is 2. The predicted octanol–water partition coefficient (Wildman–Crippen LogP) is 3.40. The van der Waals surface area contributed by atoms with Crippen LogP contribution >= 0.6 is 11.3 Å². The van der Waals surface area contributed by atoms with Crippen molar-refractivity contribution in [3.63, 3.8) is 0 Å². The van der Waals surface area contributed by atoms with Crippen LogP contribution in [0.3, 0.4) is 0 Å². The Morgan fingerprint density at radius 3 is 2.31 bits per heavy atom. The first-order chi connectivity index (χ1) is 17.3. The third-order valence-corrected chi connectivity index (χ3v) is 8.79. The Balaban J connectivity index is 1.49. The summed E-state index contributed by atoms with van der Waals surface area (Å²) in [5.74, 6) is -1.05. The molecule has 1 aliphatic heterocycles.